The molecular weight excluding hydrogens is 622 g/mol. The monoisotopic (exact) mass is 657 g/mol. The molecule has 0 fully saturated rings. The lowest BCUT2D eigenvalue weighted by atomic mass is 9.91. The number of carbonyl (C=O) groups excluding carboxylic acids is 3. The number of amides is 2. The van der Waals surface area contributed by atoms with Crippen LogP contribution in [0.2, 0.25) is 0 Å². The third-order valence-corrected chi connectivity index (χ3v) is 8.62. The molecule has 0 saturated heterocycles. The fourth-order valence-corrected chi connectivity index (χ4v) is 6.11. The lowest BCUT2D eigenvalue weighted by Gasteiger charge is -2.32. The first-order valence-electron chi connectivity index (χ1n) is 16.4. The first-order chi connectivity index (χ1) is 24.5. The van der Waals surface area contributed by atoms with Crippen molar-refractivity contribution in [1.82, 2.24) is 20.2 Å². The molecule has 1 unspecified atom stereocenters. The Morgan fingerprint density at radius 1 is 0.740 bits per heavy atom. The predicted molar refractivity (Wildman–Crippen MR) is 193 cm³/mol. The summed E-state index contributed by atoms with van der Waals surface area (Å²) in [6.45, 7) is 8.04. The predicted octanol–water partition coefficient (Wildman–Crippen LogP) is 7.57. The molecule has 1 atom stereocenters. The Morgan fingerprint density at radius 3 is 1.96 bits per heavy atom. The fraction of sp³-hybridized carbons (Fsp3) is 0.119. The zero-order chi connectivity index (χ0) is 34.7. The maximum atomic E-state index is 14.8. The Bertz CT molecular complexity index is 2050. The molecule has 0 spiro atoms. The highest BCUT2D eigenvalue weighted by Gasteiger charge is 2.34. The van der Waals surface area contributed by atoms with Crippen molar-refractivity contribution in [3.63, 3.8) is 0 Å². The molecule has 0 aliphatic heterocycles. The third-order valence-electron chi connectivity index (χ3n) is 8.62. The normalized spacial score (nSPS) is 11.4. The van der Waals surface area contributed by atoms with E-state index in [4.69, 9.17) is 6.57 Å². The molecule has 0 saturated carbocycles. The summed E-state index contributed by atoms with van der Waals surface area (Å²) in [6, 6.07) is 41.0. The van der Waals surface area contributed by atoms with Crippen molar-refractivity contribution in [1.29, 1.82) is 0 Å². The lowest BCUT2D eigenvalue weighted by molar-refractivity contribution is -0.126. The number of aromatic amines is 1. The molecule has 8 nitrogen and oxygen atoms in total. The van der Waals surface area contributed by atoms with Gasteiger partial charge in [-0.2, -0.15) is 0 Å². The minimum absolute atomic E-state index is 0.110. The molecule has 6 aromatic rings. The largest absolute Gasteiger partial charge is 0.353 e. The number of aromatic nitrogens is 2. The van der Waals surface area contributed by atoms with Crippen molar-refractivity contribution < 1.29 is 14.4 Å². The second-order valence-electron chi connectivity index (χ2n) is 11.8. The Kier molecular flexibility index (Phi) is 10.7. The van der Waals surface area contributed by atoms with E-state index in [1.54, 1.807) is 85.3 Å². The second kappa shape index (κ2) is 16.0. The summed E-state index contributed by atoms with van der Waals surface area (Å²) in [5.74, 6) is -1.36. The van der Waals surface area contributed by atoms with Crippen LogP contribution in [0.3, 0.4) is 0 Å². The van der Waals surface area contributed by atoms with E-state index in [2.05, 4.69) is 20.1 Å². The van der Waals surface area contributed by atoms with E-state index in [1.807, 2.05) is 66.7 Å². The molecule has 6 rings (SSSR count). The second-order valence-corrected chi connectivity index (χ2v) is 11.8. The Labute approximate surface area is 291 Å². The van der Waals surface area contributed by atoms with Gasteiger partial charge in [-0.15, -0.1) is 0 Å². The molecule has 1 aromatic heterocycles. The van der Waals surface area contributed by atoms with Crippen molar-refractivity contribution in [2.24, 2.45) is 0 Å². The summed E-state index contributed by atoms with van der Waals surface area (Å²) in [4.78, 5) is 55.6. The number of carbonyl (C=O) groups is 3. The summed E-state index contributed by atoms with van der Waals surface area (Å²) >= 11 is 0. The number of nitrogens with zero attached hydrogens (tertiary/aromatic N) is 3. The van der Waals surface area contributed by atoms with E-state index in [-0.39, 0.29) is 35.9 Å². The quantitative estimate of drug-likeness (QED) is 0.0989. The molecule has 0 bridgehead atoms. The zero-order valence-electron chi connectivity index (χ0n) is 27.3. The number of benzene rings is 5. The molecule has 2 N–H and O–H groups in total. The van der Waals surface area contributed by atoms with Crippen LogP contribution >= 0.6 is 0 Å². The smallest absolute Gasteiger partial charge is 0.255 e. The molecule has 8 heteroatoms. The number of hydrogen-bond acceptors (Lipinski definition) is 4. The minimum atomic E-state index is -1.13. The highest BCUT2D eigenvalue weighted by atomic mass is 16.2. The summed E-state index contributed by atoms with van der Waals surface area (Å²) < 4.78 is 0. The van der Waals surface area contributed by atoms with Gasteiger partial charge in [-0.25, -0.2) is 9.83 Å². The topological polar surface area (TPSA) is 99.5 Å². The first kappa shape index (κ1) is 33.3. The number of ketones is 1. The summed E-state index contributed by atoms with van der Waals surface area (Å²) in [5, 5.41) is 3.16. The third kappa shape index (κ3) is 7.75. The first-order valence-corrected chi connectivity index (χ1v) is 16.4. The van der Waals surface area contributed by atoms with Crippen molar-refractivity contribution in [3.8, 4) is 0 Å². The maximum absolute atomic E-state index is 14.8. The van der Waals surface area contributed by atoms with Crippen LogP contribution < -0.4 is 5.32 Å². The highest BCUT2D eigenvalue weighted by molar-refractivity contribution is 6.15. The average molecular weight is 658 g/mol. The van der Waals surface area contributed by atoms with Crippen LogP contribution in [0, 0.1) is 6.57 Å². The average Bonchev–Trinajstić information content (AvgIpc) is 3.71. The van der Waals surface area contributed by atoms with Gasteiger partial charge in [0.05, 0.1) is 24.2 Å². The van der Waals surface area contributed by atoms with Crippen LogP contribution in [-0.4, -0.2) is 45.6 Å². The van der Waals surface area contributed by atoms with Gasteiger partial charge < -0.3 is 15.2 Å². The molecular formula is C42H35N5O3. The van der Waals surface area contributed by atoms with E-state index in [0.717, 1.165) is 11.1 Å². The highest BCUT2D eigenvalue weighted by Crippen LogP contribution is 2.30. The van der Waals surface area contributed by atoms with Crippen molar-refractivity contribution in [2.45, 2.75) is 18.4 Å². The SMILES string of the molecule is [C-]#[N+]c1cccc(C(C(=O)NCC(c2ccccc2)c2ccccc2)N(CCc2c[nH]cn2)C(=O)c2ccccc2C(=O)c2ccccc2)c1. The van der Waals surface area contributed by atoms with Gasteiger partial charge in [0.25, 0.3) is 5.91 Å². The summed E-state index contributed by atoms with van der Waals surface area (Å²) in [6.07, 6.45) is 3.65. The number of hydrogen-bond donors (Lipinski definition) is 2. The molecule has 0 aliphatic rings. The Hall–Kier alpha value is -6.59. The molecule has 50 heavy (non-hydrogen) atoms. The number of nitrogens with one attached hydrogen (secondary N) is 2. The van der Waals surface area contributed by atoms with Crippen LogP contribution in [0.5, 0.6) is 0 Å². The Morgan fingerprint density at radius 2 is 1.34 bits per heavy atom. The summed E-state index contributed by atoms with van der Waals surface area (Å²) in [5.41, 5.74) is 4.45. The van der Waals surface area contributed by atoms with Crippen molar-refractivity contribution in [3.05, 3.63) is 203 Å². The van der Waals surface area contributed by atoms with E-state index in [0.29, 0.717) is 28.9 Å². The molecule has 0 aliphatic carbocycles. The van der Waals surface area contributed by atoms with Gasteiger partial charge >= 0.3 is 0 Å². The van der Waals surface area contributed by atoms with Crippen LogP contribution in [0.1, 0.15) is 60.6 Å². The van der Waals surface area contributed by atoms with E-state index in [1.165, 1.54) is 4.90 Å². The van der Waals surface area contributed by atoms with Crippen LogP contribution in [0.25, 0.3) is 4.85 Å². The van der Waals surface area contributed by atoms with Crippen LogP contribution in [0.4, 0.5) is 5.69 Å². The van der Waals surface area contributed by atoms with Crippen LogP contribution in [0.15, 0.2) is 152 Å². The molecule has 1 heterocycles. The van der Waals surface area contributed by atoms with E-state index in [9.17, 15) is 14.4 Å². The standard InChI is InChI=1S/C42H35N5O3/c1-43-34-21-13-20-33(26-34)39(41(49)45-28-38(30-14-5-2-6-15-30)31-16-7-3-8-17-31)47(25-24-35-27-44-29-46-35)42(50)37-23-12-11-22-36(37)40(48)32-18-9-4-10-19-32/h2-23,26-27,29,38-39H,24-25,28H2,(H,44,46)(H,45,49). The zero-order valence-corrected chi connectivity index (χ0v) is 27.3. The lowest BCUT2D eigenvalue weighted by Crippen LogP contribution is -2.46. The van der Waals surface area contributed by atoms with E-state index < -0.39 is 17.9 Å². The van der Waals surface area contributed by atoms with Gasteiger partial charge in [0.2, 0.25) is 5.91 Å². The van der Waals surface area contributed by atoms with Crippen molar-refractivity contribution in [2.75, 3.05) is 13.1 Å². The molecule has 2 amide bonds. The maximum Gasteiger partial charge on any atom is 0.255 e. The molecule has 0 radical (unpaired) electrons. The minimum Gasteiger partial charge on any atom is -0.353 e. The van der Waals surface area contributed by atoms with Gasteiger partial charge in [-0.1, -0.05) is 133 Å². The molecule has 246 valence electrons. The van der Waals surface area contributed by atoms with Crippen LogP contribution in [-0.2, 0) is 11.2 Å². The number of imidazole rings is 1. The molecule has 5 aromatic carbocycles. The number of rotatable bonds is 13. The van der Waals surface area contributed by atoms with E-state index >= 15 is 0 Å². The summed E-state index contributed by atoms with van der Waals surface area (Å²) in [7, 11) is 0. The van der Waals surface area contributed by atoms with Crippen molar-refractivity contribution >= 4 is 23.3 Å². The Balaban J connectivity index is 1.41. The van der Waals surface area contributed by atoms with Gasteiger partial charge in [0.1, 0.15) is 6.04 Å². The van der Waals surface area contributed by atoms with Gasteiger partial charge in [0, 0.05) is 42.8 Å². The van der Waals surface area contributed by atoms with Gasteiger partial charge in [-0.3, -0.25) is 14.4 Å². The van der Waals surface area contributed by atoms with Gasteiger partial charge in [0.15, 0.2) is 11.5 Å². The number of H-pyrrole nitrogens is 1. The fourth-order valence-electron chi connectivity index (χ4n) is 6.11. The van der Waals surface area contributed by atoms with Gasteiger partial charge in [-0.05, 0) is 22.8 Å².